The van der Waals surface area contributed by atoms with Gasteiger partial charge >= 0.3 is 0 Å². The van der Waals surface area contributed by atoms with Crippen LogP contribution in [0, 0.1) is 0 Å². The molecule has 2 heterocycles. The number of amides is 1. The number of hydrogen-bond acceptors (Lipinski definition) is 5. The van der Waals surface area contributed by atoms with Crippen molar-refractivity contribution in [3.8, 4) is 0 Å². The number of nitrogens with one attached hydrogen (secondary N) is 1. The fourth-order valence-corrected chi connectivity index (χ4v) is 2.96. The summed E-state index contributed by atoms with van der Waals surface area (Å²) in [6, 6.07) is 7.32. The molecule has 2 aromatic rings. The summed E-state index contributed by atoms with van der Waals surface area (Å²) in [7, 11) is 0. The summed E-state index contributed by atoms with van der Waals surface area (Å²) in [5, 5.41) is 2.97. The molecule has 1 aromatic heterocycles. The van der Waals surface area contributed by atoms with Gasteiger partial charge in [-0.3, -0.25) is 19.1 Å². The number of fused-ring (bicyclic) bond motifs is 1. The van der Waals surface area contributed by atoms with Crippen LogP contribution in [0.25, 0.3) is 11.0 Å². The van der Waals surface area contributed by atoms with Gasteiger partial charge in [-0.05, 0) is 19.1 Å². The summed E-state index contributed by atoms with van der Waals surface area (Å²) in [6.07, 6.45) is 1.26. The molecule has 1 atom stereocenters. The minimum absolute atomic E-state index is 0.00465. The lowest BCUT2D eigenvalue weighted by molar-refractivity contribution is -0.122. The highest BCUT2D eigenvalue weighted by Gasteiger charge is 2.16. The Balaban J connectivity index is 1.64. The van der Waals surface area contributed by atoms with E-state index in [1.165, 1.54) is 10.8 Å². The number of para-hydroxylation sites is 2. The molecule has 7 nitrogen and oxygen atoms in total. The molecule has 1 N–H and O–H groups in total. The van der Waals surface area contributed by atoms with Crippen molar-refractivity contribution in [1.29, 1.82) is 0 Å². The topological polar surface area (TPSA) is 76.5 Å². The van der Waals surface area contributed by atoms with Crippen LogP contribution >= 0.6 is 0 Å². The molecule has 0 spiro atoms. The van der Waals surface area contributed by atoms with Gasteiger partial charge in [0.1, 0.15) is 6.54 Å². The predicted octanol–water partition coefficient (Wildman–Crippen LogP) is 0.233. The van der Waals surface area contributed by atoms with Crippen LogP contribution in [0.5, 0.6) is 0 Å². The third kappa shape index (κ3) is 3.98. The number of nitrogens with zero attached hydrogens (tertiary/aromatic N) is 3. The Hall–Kier alpha value is -2.25. The van der Waals surface area contributed by atoms with Gasteiger partial charge in [0, 0.05) is 25.7 Å². The van der Waals surface area contributed by atoms with E-state index in [-0.39, 0.29) is 24.1 Å². The lowest BCUT2D eigenvalue weighted by atomic mass is 10.2. The largest absolute Gasteiger partial charge is 0.379 e. The SMILES string of the molecule is CC(CN1CCOCC1)NC(=O)Cn1c(=O)cnc2ccccc21. The summed E-state index contributed by atoms with van der Waals surface area (Å²) in [5.41, 5.74) is 1.09. The Morgan fingerprint density at radius 3 is 2.88 bits per heavy atom. The molecule has 1 aliphatic rings. The molecule has 7 heteroatoms. The Morgan fingerprint density at radius 2 is 2.08 bits per heavy atom. The highest BCUT2D eigenvalue weighted by molar-refractivity contribution is 5.80. The van der Waals surface area contributed by atoms with E-state index in [1.54, 1.807) is 6.07 Å². The van der Waals surface area contributed by atoms with Crippen molar-refractivity contribution < 1.29 is 9.53 Å². The molecule has 24 heavy (non-hydrogen) atoms. The maximum atomic E-state index is 12.3. The second-order valence-corrected chi connectivity index (χ2v) is 6.05. The van der Waals surface area contributed by atoms with Crippen LogP contribution in [-0.2, 0) is 16.1 Å². The zero-order valence-corrected chi connectivity index (χ0v) is 13.8. The molecule has 1 unspecified atom stereocenters. The van der Waals surface area contributed by atoms with Crippen LogP contribution in [-0.4, -0.2) is 59.2 Å². The fourth-order valence-electron chi connectivity index (χ4n) is 2.96. The fraction of sp³-hybridized carbons (Fsp3) is 0.471. The van der Waals surface area contributed by atoms with Crippen molar-refractivity contribution >= 4 is 16.9 Å². The van der Waals surface area contributed by atoms with E-state index in [0.29, 0.717) is 11.0 Å². The minimum Gasteiger partial charge on any atom is -0.379 e. The van der Waals surface area contributed by atoms with Gasteiger partial charge in [-0.15, -0.1) is 0 Å². The number of hydrogen-bond donors (Lipinski definition) is 1. The van der Waals surface area contributed by atoms with Crippen molar-refractivity contribution in [2.75, 3.05) is 32.8 Å². The van der Waals surface area contributed by atoms with Crippen LogP contribution < -0.4 is 10.9 Å². The normalized spacial score (nSPS) is 16.9. The second kappa shape index (κ2) is 7.55. The van der Waals surface area contributed by atoms with Gasteiger partial charge in [0.2, 0.25) is 5.91 Å². The highest BCUT2D eigenvalue weighted by Crippen LogP contribution is 2.08. The smallest absolute Gasteiger partial charge is 0.269 e. The highest BCUT2D eigenvalue weighted by atomic mass is 16.5. The third-order valence-electron chi connectivity index (χ3n) is 4.10. The number of rotatable bonds is 5. The molecule has 1 saturated heterocycles. The molecule has 0 saturated carbocycles. The van der Waals surface area contributed by atoms with Gasteiger partial charge in [0.25, 0.3) is 5.56 Å². The van der Waals surface area contributed by atoms with Gasteiger partial charge in [-0.25, -0.2) is 4.98 Å². The van der Waals surface area contributed by atoms with Crippen LogP contribution in [0.2, 0.25) is 0 Å². The van der Waals surface area contributed by atoms with Crippen LogP contribution in [0.3, 0.4) is 0 Å². The first-order valence-electron chi connectivity index (χ1n) is 8.17. The van der Waals surface area contributed by atoms with Gasteiger partial charge < -0.3 is 10.1 Å². The zero-order chi connectivity index (χ0) is 16.9. The number of carbonyl (C=O) groups is 1. The summed E-state index contributed by atoms with van der Waals surface area (Å²) < 4.78 is 6.78. The molecule has 128 valence electrons. The van der Waals surface area contributed by atoms with Crippen LogP contribution in [0.4, 0.5) is 0 Å². The first-order valence-corrected chi connectivity index (χ1v) is 8.17. The Labute approximate surface area is 140 Å². The van der Waals surface area contributed by atoms with E-state index < -0.39 is 0 Å². The molecular weight excluding hydrogens is 308 g/mol. The number of carbonyl (C=O) groups excluding carboxylic acids is 1. The van der Waals surface area contributed by atoms with E-state index in [4.69, 9.17) is 4.74 Å². The van der Waals surface area contributed by atoms with Crippen LogP contribution in [0.1, 0.15) is 6.92 Å². The molecule has 3 rings (SSSR count). The van der Waals surface area contributed by atoms with E-state index in [0.717, 1.165) is 32.8 Å². The molecule has 1 aliphatic heterocycles. The lowest BCUT2D eigenvalue weighted by Gasteiger charge is -2.29. The number of morpholine rings is 1. The maximum absolute atomic E-state index is 12.3. The van der Waals surface area contributed by atoms with Gasteiger partial charge in [0.15, 0.2) is 0 Å². The number of benzene rings is 1. The van der Waals surface area contributed by atoms with E-state index in [9.17, 15) is 9.59 Å². The summed E-state index contributed by atoms with van der Waals surface area (Å²) >= 11 is 0. The average Bonchev–Trinajstić information content (AvgIpc) is 2.58. The van der Waals surface area contributed by atoms with E-state index in [1.807, 2.05) is 25.1 Å². The third-order valence-corrected chi connectivity index (χ3v) is 4.10. The molecular formula is C17H22N4O3. The summed E-state index contributed by atoms with van der Waals surface area (Å²) in [6.45, 7) is 5.98. The molecule has 1 amide bonds. The van der Waals surface area contributed by atoms with E-state index in [2.05, 4.69) is 15.2 Å². The van der Waals surface area contributed by atoms with Crippen LogP contribution in [0.15, 0.2) is 35.3 Å². The Kier molecular flexibility index (Phi) is 5.22. The van der Waals surface area contributed by atoms with Crippen molar-refractivity contribution in [3.63, 3.8) is 0 Å². The quantitative estimate of drug-likeness (QED) is 0.849. The second-order valence-electron chi connectivity index (χ2n) is 6.05. The molecule has 1 aromatic carbocycles. The zero-order valence-electron chi connectivity index (χ0n) is 13.8. The Bertz CT molecular complexity index is 768. The number of ether oxygens (including phenoxy) is 1. The standard InChI is InChI=1S/C17H22N4O3/c1-13(11-20-6-8-24-9-7-20)19-16(22)12-21-15-5-3-2-4-14(15)18-10-17(21)23/h2-5,10,13H,6-9,11-12H2,1H3,(H,19,22). The Morgan fingerprint density at radius 1 is 1.33 bits per heavy atom. The van der Waals surface area contributed by atoms with Gasteiger partial charge in [-0.1, -0.05) is 12.1 Å². The molecule has 1 fully saturated rings. The molecule has 0 aliphatic carbocycles. The first-order chi connectivity index (χ1) is 11.6. The minimum atomic E-state index is -0.273. The van der Waals surface area contributed by atoms with Crippen molar-refractivity contribution in [1.82, 2.24) is 19.8 Å². The van der Waals surface area contributed by atoms with Crippen molar-refractivity contribution in [3.05, 3.63) is 40.8 Å². The average molecular weight is 330 g/mol. The van der Waals surface area contributed by atoms with Gasteiger partial charge in [-0.2, -0.15) is 0 Å². The maximum Gasteiger partial charge on any atom is 0.269 e. The predicted molar refractivity (Wildman–Crippen MR) is 90.9 cm³/mol. The molecule has 0 radical (unpaired) electrons. The monoisotopic (exact) mass is 330 g/mol. The molecule has 0 bridgehead atoms. The lowest BCUT2D eigenvalue weighted by Crippen LogP contribution is -2.47. The summed E-state index contributed by atoms with van der Waals surface area (Å²) in [5.74, 6) is -0.172. The number of aromatic nitrogens is 2. The van der Waals surface area contributed by atoms with E-state index >= 15 is 0 Å². The first kappa shape index (κ1) is 16.6. The summed E-state index contributed by atoms with van der Waals surface area (Å²) in [4.78, 5) is 30.8. The van der Waals surface area contributed by atoms with Crippen molar-refractivity contribution in [2.24, 2.45) is 0 Å². The van der Waals surface area contributed by atoms with Gasteiger partial charge in [0.05, 0.1) is 30.4 Å². The van der Waals surface area contributed by atoms with Crippen molar-refractivity contribution in [2.45, 2.75) is 19.5 Å².